The molecule has 456 valence electrons. The molecular weight excluding hydrogens is 1140 g/mol. The summed E-state index contributed by atoms with van der Waals surface area (Å²) < 4.78 is 32.5. The van der Waals surface area contributed by atoms with Crippen molar-refractivity contribution < 1.29 is 35.9 Å². The Kier molecular flexibility index (Phi) is 16.0. The molecule has 12 aromatic rings. The molecule has 16 rings (SSSR count). The molecular formula is C72H76B4N12O4+4. The molecule has 4 aliphatic heterocycles. The van der Waals surface area contributed by atoms with Gasteiger partial charge in [0.2, 0.25) is 22.9 Å². The standard InChI is InChI=1S/C19H21BN3O.2C18H19BN3O.C17H17BN3O/c1-12-9-17(22(5)11-13(12)2)23-14(3)18-15-7-6-8-21-19(15)24-16(18)10-20(23)4;1-12-7-8-16(21(4)11-12)22-13(2)17-14-6-5-9-20-18(14)23-15(17)10-19(22)3;1-12-7-9-21(4)16(10-12)22-13(2)17-14-6-5-8-20-18(14)23-15(17)11-19(22)3;1-12-16-13-7-6-9-19-17(13)22-14(16)11-18(2)21(12)15-8-4-5-10-20(15)3/h6-11H,1-5H3;2*5-11H,1-4H3;4-11H,1-3H3/q4*+1. The summed E-state index contributed by atoms with van der Waals surface area (Å²) in [5, 5.41) is 8.87. The van der Waals surface area contributed by atoms with Crippen molar-refractivity contribution in [3.8, 4) is 0 Å². The first-order valence-corrected chi connectivity index (χ1v) is 31.5. The van der Waals surface area contributed by atoms with E-state index in [0.717, 1.165) is 69.9 Å². The fraction of sp³-hybridized carbons (Fsp3) is 0.222. The summed E-state index contributed by atoms with van der Waals surface area (Å²) in [5.74, 6) is 13.4. The molecule has 0 aliphatic carbocycles. The van der Waals surface area contributed by atoms with E-state index >= 15 is 0 Å². The van der Waals surface area contributed by atoms with Gasteiger partial charge in [0.15, 0.2) is 0 Å². The molecule has 16 nitrogen and oxygen atoms in total. The van der Waals surface area contributed by atoms with Crippen LogP contribution in [-0.2, 0) is 28.2 Å². The van der Waals surface area contributed by atoms with Crippen LogP contribution < -0.4 is 80.0 Å². The highest BCUT2D eigenvalue weighted by atomic mass is 16.3. The number of furan rings is 4. The fourth-order valence-corrected chi connectivity index (χ4v) is 13.9. The van der Waals surface area contributed by atoms with Gasteiger partial charge in [-0.15, -0.1) is 0 Å². The van der Waals surface area contributed by atoms with Crippen molar-refractivity contribution in [2.75, 3.05) is 19.2 Å². The third kappa shape index (κ3) is 10.7. The van der Waals surface area contributed by atoms with E-state index in [-0.39, 0.29) is 27.4 Å². The third-order valence-electron chi connectivity index (χ3n) is 18.3. The van der Waals surface area contributed by atoms with Gasteiger partial charge >= 0.3 is 27.4 Å². The molecule has 0 radical (unpaired) electrons. The summed E-state index contributed by atoms with van der Waals surface area (Å²) in [7, 11) is 8.35. The van der Waals surface area contributed by atoms with Gasteiger partial charge in [-0.2, -0.15) is 0 Å². The third-order valence-corrected chi connectivity index (χ3v) is 18.3. The van der Waals surface area contributed by atoms with E-state index in [2.05, 4.69) is 284 Å². The van der Waals surface area contributed by atoms with Crippen LogP contribution in [0.2, 0.25) is 27.3 Å². The molecule has 16 heterocycles. The van der Waals surface area contributed by atoms with Crippen LogP contribution in [0, 0.1) is 27.7 Å². The summed E-state index contributed by atoms with van der Waals surface area (Å²) in [4.78, 5) is 26.8. The highest BCUT2D eigenvalue weighted by Crippen LogP contribution is 2.26. The molecule has 0 fully saturated rings. The Balaban J connectivity index is 0.000000112. The lowest BCUT2D eigenvalue weighted by atomic mass is 9.61. The summed E-state index contributed by atoms with van der Waals surface area (Å²) in [5.41, 5.74) is 16.4. The van der Waals surface area contributed by atoms with Crippen molar-refractivity contribution in [3.63, 3.8) is 0 Å². The lowest BCUT2D eigenvalue weighted by molar-refractivity contribution is -0.658. The van der Waals surface area contributed by atoms with E-state index in [4.69, 9.17) is 17.7 Å². The molecule has 12 aromatic heterocycles. The summed E-state index contributed by atoms with van der Waals surface area (Å²) in [6.07, 6.45) is 15.6. The van der Waals surface area contributed by atoms with Gasteiger partial charge in [0.05, 0.1) is 118 Å². The van der Waals surface area contributed by atoms with Crippen LogP contribution in [0.15, 0.2) is 164 Å². The van der Waals surface area contributed by atoms with Crippen LogP contribution in [-0.4, -0.2) is 47.3 Å². The Morgan fingerprint density at radius 1 is 0.337 bits per heavy atom. The average Bonchev–Trinajstić information content (AvgIpc) is 1.57. The van der Waals surface area contributed by atoms with E-state index in [1.165, 1.54) is 62.5 Å². The summed E-state index contributed by atoms with van der Waals surface area (Å²) in [6.45, 7) is 26.8. The lowest BCUT2D eigenvalue weighted by Crippen LogP contribution is -2.50. The smallest absolute Gasteiger partial charge is 0.405 e. The van der Waals surface area contributed by atoms with Crippen molar-refractivity contribution in [2.24, 2.45) is 28.2 Å². The predicted octanol–water partition coefficient (Wildman–Crippen LogP) is 6.20. The largest absolute Gasteiger partial charge is 0.439 e. The Bertz CT molecular complexity index is 5510. The minimum absolute atomic E-state index is 0.214. The first-order valence-electron chi connectivity index (χ1n) is 31.5. The topological polar surface area (TPSA) is 133 Å². The van der Waals surface area contributed by atoms with E-state index in [0.29, 0.717) is 22.9 Å². The molecule has 20 heteroatoms. The highest BCUT2D eigenvalue weighted by molar-refractivity contribution is 6.78. The summed E-state index contributed by atoms with van der Waals surface area (Å²) in [6, 6.07) is 33.3. The van der Waals surface area contributed by atoms with E-state index in [1.807, 2.05) is 30.3 Å². The number of aryl methyl sites for hydroxylation is 8. The van der Waals surface area contributed by atoms with Crippen LogP contribution in [0.5, 0.6) is 0 Å². The van der Waals surface area contributed by atoms with Crippen molar-refractivity contribution >= 4 is 142 Å². The molecule has 0 bridgehead atoms. The van der Waals surface area contributed by atoms with Gasteiger partial charge in [0, 0.05) is 49.1 Å². The van der Waals surface area contributed by atoms with Gasteiger partial charge in [0.25, 0.3) is 23.3 Å². The van der Waals surface area contributed by atoms with Crippen LogP contribution >= 0.6 is 0 Å². The van der Waals surface area contributed by atoms with E-state index in [1.54, 1.807) is 24.8 Å². The normalized spacial score (nSPS) is 14.2. The summed E-state index contributed by atoms with van der Waals surface area (Å²) >= 11 is 0. The number of hydrogen-bond donors (Lipinski definition) is 0. The van der Waals surface area contributed by atoms with Gasteiger partial charge in [-0.3, -0.25) is 19.2 Å². The Morgan fingerprint density at radius 3 is 1.09 bits per heavy atom. The minimum atomic E-state index is 0.214. The second-order valence-corrected chi connectivity index (χ2v) is 24.9. The Hall–Kier alpha value is -10.2. The number of rotatable bonds is 4. The van der Waals surface area contributed by atoms with Gasteiger partial charge in [-0.25, -0.2) is 38.2 Å². The van der Waals surface area contributed by atoms with E-state index < -0.39 is 0 Å². The predicted molar refractivity (Wildman–Crippen MR) is 373 cm³/mol. The zero-order valence-corrected chi connectivity index (χ0v) is 55.5. The van der Waals surface area contributed by atoms with Crippen molar-refractivity contribution in [1.82, 2.24) is 19.9 Å². The maximum Gasteiger partial charge on any atom is 0.405 e. The van der Waals surface area contributed by atoms with Crippen molar-refractivity contribution in [2.45, 2.75) is 82.7 Å². The quantitative estimate of drug-likeness (QED) is 0.147. The SMILES string of the molecule is CB1C=c2oc3ncccc3c2=C(C)N1c1cc(C)c(C)c[n+]1C.CB1C=c2oc3ncccc3c2=C(C)N1c1cc(C)cc[n+]1C.CB1C=c2oc3ncccc3c2=C(C)N1c1ccc(C)c[n+]1C.CB1C=c2oc3ncccc3c2=C(C)N1c1cccc[n+]1C. The second-order valence-electron chi connectivity index (χ2n) is 24.9. The van der Waals surface area contributed by atoms with Gasteiger partial charge in [0.1, 0.15) is 21.7 Å². The number of aromatic nitrogens is 8. The fourth-order valence-electron chi connectivity index (χ4n) is 13.9. The molecule has 0 atom stereocenters. The average molecular weight is 1220 g/mol. The highest BCUT2D eigenvalue weighted by Gasteiger charge is 2.38. The minimum Gasteiger partial charge on any atom is -0.439 e. The molecule has 0 unspecified atom stereocenters. The van der Waals surface area contributed by atoms with Gasteiger partial charge < -0.3 is 17.7 Å². The number of nitrogens with zero attached hydrogens (tertiary/aromatic N) is 12. The van der Waals surface area contributed by atoms with E-state index in [9.17, 15) is 0 Å². The maximum atomic E-state index is 5.97. The molecule has 0 saturated heterocycles. The first-order chi connectivity index (χ1) is 44.3. The van der Waals surface area contributed by atoms with Crippen LogP contribution in [0.3, 0.4) is 0 Å². The number of fused-ring (bicyclic) bond motifs is 12. The number of hydrogen-bond acceptors (Lipinski definition) is 12. The maximum absolute atomic E-state index is 5.97. The molecule has 0 N–H and O–H groups in total. The zero-order valence-electron chi connectivity index (χ0n) is 55.5. The molecule has 0 amide bonds. The van der Waals surface area contributed by atoms with Crippen LogP contribution in [0.4, 0.5) is 23.3 Å². The molecule has 0 aromatic carbocycles. The second kappa shape index (κ2) is 24.2. The number of anilines is 4. The molecule has 4 aliphatic rings. The van der Waals surface area contributed by atoms with Crippen molar-refractivity contribution in [3.05, 3.63) is 211 Å². The Morgan fingerprint density at radius 2 is 0.696 bits per heavy atom. The van der Waals surface area contributed by atoms with Crippen LogP contribution in [0.25, 0.3) is 91.1 Å². The molecule has 92 heavy (non-hydrogen) atoms. The van der Waals surface area contributed by atoms with Gasteiger partial charge in [-0.05, 0) is 196 Å². The molecule has 0 saturated carbocycles. The van der Waals surface area contributed by atoms with Crippen molar-refractivity contribution in [1.29, 1.82) is 0 Å². The van der Waals surface area contributed by atoms with Gasteiger partial charge in [-0.1, -0.05) is 6.07 Å². The first kappa shape index (κ1) is 60.7. The lowest BCUT2D eigenvalue weighted by Gasteiger charge is -2.24. The zero-order chi connectivity index (χ0) is 64.5. The monoisotopic (exact) mass is 1220 g/mol. The number of pyridine rings is 8. The van der Waals surface area contributed by atoms with Crippen LogP contribution in [0.1, 0.15) is 49.9 Å². The molecule has 0 spiro atoms. The Labute approximate surface area is 536 Å².